The molecule has 0 fully saturated rings. The van der Waals surface area contributed by atoms with E-state index >= 15 is 0 Å². The smallest absolute Gasteiger partial charge is 0.0867 e. The van der Waals surface area contributed by atoms with E-state index in [0.29, 0.717) is 12.4 Å². The average molecular weight is 212 g/mol. The molecular weight excluding hydrogens is 196 g/mol. The first-order valence-corrected chi connectivity index (χ1v) is 5.57. The summed E-state index contributed by atoms with van der Waals surface area (Å²) in [6, 6.07) is 8.26. The van der Waals surface area contributed by atoms with E-state index in [1.165, 1.54) is 10.5 Å². The van der Waals surface area contributed by atoms with Gasteiger partial charge in [-0.25, -0.2) is 0 Å². The van der Waals surface area contributed by atoms with Gasteiger partial charge in [-0.1, -0.05) is 17.7 Å². The number of rotatable bonds is 5. The Kier molecular flexibility index (Phi) is 5.01. The first kappa shape index (κ1) is 11.6. The van der Waals surface area contributed by atoms with Crippen LogP contribution in [0.1, 0.15) is 5.56 Å². The van der Waals surface area contributed by atoms with E-state index in [-0.39, 0.29) is 6.10 Å². The van der Waals surface area contributed by atoms with Crippen molar-refractivity contribution in [3.05, 3.63) is 29.8 Å². The molecule has 0 aliphatic heterocycles. The first-order valence-electron chi connectivity index (χ1n) is 4.59. The molecule has 0 spiro atoms. The number of aliphatic hydroxyl groups is 1. The molecule has 2 nitrogen and oxygen atoms in total. The average Bonchev–Trinajstić information content (AvgIpc) is 2.15. The molecule has 1 atom stereocenters. The van der Waals surface area contributed by atoms with Crippen molar-refractivity contribution in [3.8, 4) is 0 Å². The van der Waals surface area contributed by atoms with Gasteiger partial charge in [-0.3, -0.25) is 0 Å². The van der Waals surface area contributed by atoms with Crippen molar-refractivity contribution in [2.24, 2.45) is 0 Å². The highest BCUT2D eigenvalue weighted by molar-refractivity contribution is 7.99. The van der Waals surface area contributed by atoms with E-state index in [0.717, 1.165) is 0 Å². The molecule has 0 radical (unpaired) electrons. The Balaban J connectivity index is 2.37. The standard InChI is InChI=1S/C11H16O2S/c1-9-4-3-5-11(6-9)14-8-10(12)7-13-2/h3-6,10,12H,7-8H2,1-2H3. The van der Waals surface area contributed by atoms with Gasteiger partial charge in [0.25, 0.3) is 0 Å². The minimum atomic E-state index is -0.384. The van der Waals surface area contributed by atoms with Gasteiger partial charge in [0.05, 0.1) is 12.7 Å². The normalized spacial score (nSPS) is 12.8. The Bertz CT molecular complexity index is 276. The van der Waals surface area contributed by atoms with E-state index in [9.17, 15) is 5.11 Å². The van der Waals surface area contributed by atoms with Crippen LogP contribution in [-0.4, -0.2) is 30.7 Å². The zero-order chi connectivity index (χ0) is 10.4. The second kappa shape index (κ2) is 6.06. The molecule has 78 valence electrons. The van der Waals surface area contributed by atoms with Gasteiger partial charge < -0.3 is 9.84 Å². The van der Waals surface area contributed by atoms with Gasteiger partial charge in [-0.05, 0) is 19.1 Å². The van der Waals surface area contributed by atoms with Crippen LogP contribution in [0.25, 0.3) is 0 Å². The number of methoxy groups -OCH3 is 1. The van der Waals surface area contributed by atoms with E-state index < -0.39 is 0 Å². The number of thioether (sulfide) groups is 1. The van der Waals surface area contributed by atoms with E-state index in [4.69, 9.17) is 4.74 Å². The first-order chi connectivity index (χ1) is 6.72. The summed E-state index contributed by atoms with van der Waals surface area (Å²) in [6.45, 7) is 2.47. The molecule has 3 heteroatoms. The maximum atomic E-state index is 9.43. The van der Waals surface area contributed by atoms with Gasteiger partial charge in [-0.2, -0.15) is 0 Å². The largest absolute Gasteiger partial charge is 0.390 e. The fourth-order valence-corrected chi connectivity index (χ4v) is 2.06. The maximum absolute atomic E-state index is 9.43. The van der Waals surface area contributed by atoms with Crippen molar-refractivity contribution in [1.29, 1.82) is 0 Å². The number of ether oxygens (including phenoxy) is 1. The lowest BCUT2D eigenvalue weighted by atomic mass is 10.2. The predicted molar refractivity (Wildman–Crippen MR) is 59.8 cm³/mol. The Hall–Kier alpha value is -0.510. The predicted octanol–water partition coefficient (Wildman–Crippen LogP) is 2.09. The van der Waals surface area contributed by atoms with Crippen molar-refractivity contribution in [2.75, 3.05) is 19.5 Å². The van der Waals surface area contributed by atoms with Crippen LogP contribution in [0.3, 0.4) is 0 Å². The van der Waals surface area contributed by atoms with Crippen molar-refractivity contribution >= 4 is 11.8 Å². The fraction of sp³-hybridized carbons (Fsp3) is 0.455. The highest BCUT2D eigenvalue weighted by atomic mass is 32.2. The van der Waals surface area contributed by atoms with Gasteiger partial charge in [0.2, 0.25) is 0 Å². The van der Waals surface area contributed by atoms with Crippen LogP contribution in [0.4, 0.5) is 0 Å². The van der Waals surface area contributed by atoms with Crippen LogP contribution in [0.2, 0.25) is 0 Å². The third kappa shape index (κ3) is 4.13. The lowest BCUT2D eigenvalue weighted by Crippen LogP contribution is -2.16. The van der Waals surface area contributed by atoms with Gasteiger partial charge in [-0.15, -0.1) is 11.8 Å². The minimum absolute atomic E-state index is 0.384. The van der Waals surface area contributed by atoms with Crippen molar-refractivity contribution in [1.82, 2.24) is 0 Å². The number of aliphatic hydroxyl groups excluding tert-OH is 1. The van der Waals surface area contributed by atoms with E-state index in [2.05, 4.69) is 25.1 Å². The number of benzene rings is 1. The number of aryl methyl sites for hydroxylation is 1. The lowest BCUT2D eigenvalue weighted by Gasteiger charge is -2.08. The molecule has 1 unspecified atom stereocenters. The molecule has 0 heterocycles. The minimum Gasteiger partial charge on any atom is -0.390 e. The van der Waals surface area contributed by atoms with Gasteiger partial charge in [0, 0.05) is 17.8 Å². The Morgan fingerprint density at radius 2 is 2.29 bits per heavy atom. The molecule has 0 aromatic heterocycles. The molecule has 1 aromatic carbocycles. The Labute approximate surface area is 89.3 Å². The van der Waals surface area contributed by atoms with Gasteiger partial charge in [0.15, 0.2) is 0 Å². The van der Waals surface area contributed by atoms with Crippen LogP contribution in [0.15, 0.2) is 29.2 Å². The molecular formula is C11H16O2S. The van der Waals surface area contributed by atoms with Crippen molar-refractivity contribution < 1.29 is 9.84 Å². The summed E-state index contributed by atoms with van der Waals surface area (Å²) in [4.78, 5) is 1.19. The molecule has 1 aromatic rings. The molecule has 1 rings (SSSR count). The van der Waals surface area contributed by atoms with E-state index in [1.807, 2.05) is 6.07 Å². The van der Waals surface area contributed by atoms with Crippen LogP contribution < -0.4 is 0 Å². The summed E-state index contributed by atoms with van der Waals surface area (Å²) >= 11 is 1.65. The summed E-state index contributed by atoms with van der Waals surface area (Å²) in [5.74, 6) is 0.678. The third-order valence-electron chi connectivity index (χ3n) is 1.79. The SMILES string of the molecule is COCC(O)CSc1cccc(C)c1. The van der Waals surface area contributed by atoms with Crippen LogP contribution in [-0.2, 0) is 4.74 Å². The van der Waals surface area contributed by atoms with E-state index in [1.54, 1.807) is 18.9 Å². The summed E-state index contributed by atoms with van der Waals surface area (Å²) in [6.07, 6.45) is -0.384. The van der Waals surface area contributed by atoms with Crippen molar-refractivity contribution in [3.63, 3.8) is 0 Å². The molecule has 0 saturated heterocycles. The molecule has 0 aliphatic carbocycles. The molecule has 0 amide bonds. The van der Waals surface area contributed by atoms with Crippen LogP contribution >= 0.6 is 11.8 Å². The summed E-state index contributed by atoms with van der Waals surface area (Å²) in [5.41, 5.74) is 1.25. The second-order valence-electron chi connectivity index (χ2n) is 3.24. The van der Waals surface area contributed by atoms with Gasteiger partial charge in [0.1, 0.15) is 0 Å². The summed E-state index contributed by atoms with van der Waals surface area (Å²) in [7, 11) is 1.60. The Morgan fingerprint density at radius 1 is 1.50 bits per heavy atom. The highest BCUT2D eigenvalue weighted by Crippen LogP contribution is 2.19. The fourth-order valence-electron chi connectivity index (χ4n) is 1.14. The molecule has 0 saturated carbocycles. The van der Waals surface area contributed by atoms with Crippen LogP contribution in [0, 0.1) is 6.92 Å². The third-order valence-corrected chi connectivity index (χ3v) is 2.93. The monoisotopic (exact) mass is 212 g/mol. The molecule has 14 heavy (non-hydrogen) atoms. The number of hydrogen-bond acceptors (Lipinski definition) is 3. The highest BCUT2D eigenvalue weighted by Gasteiger charge is 2.03. The zero-order valence-electron chi connectivity index (χ0n) is 8.56. The summed E-state index contributed by atoms with van der Waals surface area (Å²) in [5, 5.41) is 9.43. The van der Waals surface area contributed by atoms with Gasteiger partial charge >= 0.3 is 0 Å². The second-order valence-corrected chi connectivity index (χ2v) is 4.33. The van der Waals surface area contributed by atoms with Crippen molar-refractivity contribution in [2.45, 2.75) is 17.9 Å². The maximum Gasteiger partial charge on any atom is 0.0867 e. The molecule has 1 N–H and O–H groups in total. The number of hydrogen-bond donors (Lipinski definition) is 1. The topological polar surface area (TPSA) is 29.5 Å². The lowest BCUT2D eigenvalue weighted by molar-refractivity contribution is 0.0794. The quantitative estimate of drug-likeness (QED) is 0.758. The molecule has 0 bridgehead atoms. The molecule has 0 aliphatic rings. The zero-order valence-corrected chi connectivity index (χ0v) is 9.38. The summed E-state index contributed by atoms with van der Waals surface area (Å²) < 4.78 is 4.85. The van der Waals surface area contributed by atoms with Crippen LogP contribution in [0.5, 0.6) is 0 Å². The Morgan fingerprint density at radius 3 is 2.93 bits per heavy atom.